The molecule has 0 saturated carbocycles. The van der Waals surface area contributed by atoms with Gasteiger partial charge >= 0.3 is 5.97 Å². The molecule has 3 rings (SSSR count). The fraction of sp³-hybridized carbons (Fsp3) is 0.200. The predicted octanol–water partition coefficient (Wildman–Crippen LogP) is 3.88. The molecule has 0 aliphatic carbocycles. The van der Waals surface area contributed by atoms with Crippen LogP contribution in [-0.4, -0.2) is 17.6 Å². The van der Waals surface area contributed by atoms with Gasteiger partial charge in [0.15, 0.2) is 0 Å². The topological polar surface area (TPSA) is 71.2 Å². The number of H-pyrrole nitrogens is 1. The number of esters is 1. The number of carbonyl (C=O) groups excluding carboxylic acids is 1. The van der Waals surface area contributed by atoms with E-state index in [0.29, 0.717) is 11.2 Å². The van der Waals surface area contributed by atoms with Crippen LogP contribution in [0.5, 0.6) is 0 Å². The quantitative estimate of drug-likeness (QED) is 0.694. The number of ether oxygens (including phenoxy) is 1. The number of pyridine rings is 1. The summed E-state index contributed by atoms with van der Waals surface area (Å²) in [5, 5.41) is 4.10. The summed E-state index contributed by atoms with van der Waals surface area (Å²) in [4.78, 5) is 27.6. The van der Waals surface area contributed by atoms with Crippen LogP contribution < -0.4 is 10.9 Å². The summed E-state index contributed by atoms with van der Waals surface area (Å²) < 4.78 is 5.09. The third-order valence-electron chi connectivity index (χ3n) is 4.06. The minimum Gasteiger partial charge on any atom is -0.462 e. The predicted molar refractivity (Wildman–Crippen MR) is 99.0 cm³/mol. The van der Waals surface area contributed by atoms with Gasteiger partial charge in [-0.05, 0) is 25.5 Å². The molecule has 1 atom stereocenters. The molecule has 0 unspecified atom stereocenters. The molecule has 0 aliphatic heterocycles. The zero-order chi connectivity index (χ0) is 17.8. The molecule has 0 spiro atoms. The van der Waals surface area contributed by atoms with E-state index in [1.165, 1.54) is 0 Å². The van der Waals surface area contributed by atoms with Crippen molar-refractivity contribution in [2.75, 3.05) is 11.9 Å². The van der Waals surface area contributed by atoms with Crippen LogP contribution in [0.25, 0.3) is 10.9 Å². The van der Waals surface area contributed by atoms with Gasteiger partial charge in [0.1, 0.15) is 5.56 Å². The van der Waals surface area contributed by atoms with E-state index in [1.807, 2.05) is 61.5 Å². The molecule has 0 radical (unpaired) electrons. The highest BCUT2D eigenvalue weighted by molar-refractivity contribution is 6.04. The molecule has 0 saturated heterocycles. The minimum absolute atomic E-state index is 0.00308. The Morgan fingerprint density at radius 3 is 2.52 bits per heavy atom. The molecular weight excluding hydrogens is 316 g/mol. The van der Waals surface area contributed by atoms with Crippen LogP contribution in [0.2, 0.25) is 0 Å². The third-order valence-corrected chi connectivity index (χ3v) is 4.06. The zero-order valence-electron chi connectivity index (χ0n) is 14.2. The SMILES string of the molecule is CCOC(=O)c1c(N[C@@H](C)c2ccccc2)c2ccccc2[nH]c1=O. The molecule has 2 aromatic carbocycles. The number of benzene rings is 2. The average Bonchev–Trinajstić information content (AvgIpc) is 2.62. The average molecular weight is 336 g/mol. The maximum atomic E-state index is 12.5. The Morgan fingerprint density at radius 2 is 1.80 bits per heavy atom. The van der Waals surface area contributed by atoms with Gasteiger partial charge in [-0.1, -0.05) is 48.5 Å². The summed E-state index contributed by atoms with van der Waals surface area (Å²) in [5.41, 5.74) is 1.77. The van der Waals surface area contributed by atoms with Crippen molar-refractivity contribution in [3.8, 4) is 0 Å². The van der Waals surface area contributed by atoms with Crippen LogP contribution in [0.4, 0.5) is 5.69 Å². The highest BCUT2D eigenvalue weighted by Gasteiger charge is 2.22. The van der Waals surface area contributed by atoms with Crippen molar-refractivity contribution in [2.45, 2.75) is 19.9 Å². The fourth-order valence-electron chi connectivity index (χ4n) is 2.83. The molecule has 3 aromatic rings. The van der Waals surface area contributed by atoms with Gasteiger partial charge in [-0.25, -0.2) is 4.79 Å². The molecule has 0 aliphatic rings. The molecule has 1 aromatic heterocycles. The number of anilines is 1. The number of carbonyl (C=O) groups is 1. The third kappa shape index (κ3) is 3.40. The first kappa shape index (κ1) is 16.8. The van der Waals surface area contributed by atoms with E-state index in [2.05, 4.69) is 10.3 Å². The lowest BCUT2D eigenvalue weighted by atomic mass is 10.0. The number of aromatic amines is 1. The molecule has 0 fully saturated rings. The fourth-order valence-corrected chi connectivity index (χ4v) is 2.83. The summed E-state index contributed by atoms with van der Waals surface area (Å²) in [6.07, 6.45) is 0. The van der Waals surface area contributed by atoms with E-state index >= 15 is 0 Å². The largest absolute Gasteiger partial charge is 0.462 e. The van der Waals surface area contributed by atoms with Crippen LogP contribution in [0.3, 0.4) is 0 Å². The smallest absolute Gasteiger partial charge is 0.345 e. The Kier molecular flexibility index (Phi) is 4.84. The van der Waals surface area contributed by atoms with Gasteiger partial charge in [-0.2, -0.15) is 0 Å². The van der Waals surface area contributed by atoms with Crippen molar-refractivity contribution in [1.82, 2.24) is 4.98 Å². The maximum absolute atomic E-state index is 12.5. The van der Waals surface area contributed by atoms with Crippen molar-refractivity contribution in [3.05, 3.63) is 76.1 Å². The van der Waals surface area contributed by atoms with Gasteiger partial charge in [0.2, 0.25) is 0 Å². The highest BCUT2D eigenvalue weighted by atomic mass is 16.5. The van der Waals surface area contributed by atoms with Crippen LogP contribution in [0.15, 0.2) is 59.4 Å². The molecule has 1 heterocycles. The summed E-state index contributed by atoms with van der Waals surface area (Å²) in [6.45, 7) is 3.91. The lowest BCUT2D eigenvalue weighted by Crippen LogP contribution is -2.23. The van der Waals surface area contributed by atoms with E-state index in [1.54, 1.807) is 6.92 Å². The number of hydrogen-bond donors (Lipinski definition) is 2. The Hall–Kier alpha value is -3.08. The molecule has 25 heavy (non-hydrogen) atoms. The Bertz CT molecular complexity index is 948. The molecule has 0 bridgehead atoms. The van der Waals surface area contributed by atoms with Gasteiger partial charge in [0, 0.05) is 11.4 Å². The molecule has 0 amide bonds. The first-order valence-electron chi connectivity index (χ1n) is 8.25. The zero-order valence-corrected chi connectivity index (χ0v) is 14.2. The summed E-state index contributed by atoms with van der Waals surface area (Å²) in [7, 11) is 0. The van der Waals surface area contributed by atoms with Crippen LogP contribution in [0.1, 0.15) is 35.8 Å². The first-order chi connectivity index (χ1) is 12.1. The molecular formula is C20H20N2O3. The highest BCUT2D eigenvalue weighted by Crippen LogP contribution is 2.28. The normalized spacial score (nSPS) is 11.9. The van der Waals surface area contributed by atoms with Gasteiger partial charge in [0.05, 0.1) is 17.8 Å². The van der Waals surface area contributed by atoms with E-state index in [0.717, 1.165) is 10.9 Å². The lowest BCUT2D eigenvalue weighted by Gasteiger charge is -2.19. The van der Waals surface area contributed by atoms with Gasteiger partial charge in [-0.3, -0.25) is 4.79 Å². The Labute approximate surface area is 145 Å². The van der Waals surface area contributed by atoms with E-state index in [-0.39, 0.29) is 18.2 Å². The second-order valence-electron chi connectivity index (χ2n) is 5.75. The number of para-hydroxylation sites is 1. The van der Waals surface area contributed by atoms with Crippen molar-refractivity contribution in [2.24, 2.45) is 0 Å². The Balaban J connectivity index is 2.15. The number of rotatable bonds is 5. The summed E-state index contributed by atoms with van der Waals surface area (Å²) in [5.74, 6) is -0.628. The van der Waals surface area contributed by atoms with Gasteiger partial charge in [-0.15, -0.1) is 0 Å². The van der Waals surface area contributed by atoms with Crippen LogP contribution in [-0.2, 0) is 4.74 Å². The number of fused-ring (bicyclic) bond motifs is 1. The van der Waals surface area contributed by atoms with Crippen molar-refractivity contribution < 1.29 is 9.53 Å². The molecule has 5 nitrogen and oxygen atoms in total. The molecule has 128 valence electrons. The van der Waals surface area contributed by atoms with Crippen LogP contribution in [0, 0.1) is 0 Å². The molecule has 5 heteroatoms. The monoisotopic (exact) mass is 336 g/mol. The van der Waals surface area contributed by atoms with E-state index in [9.17, 15) is 9.59 Å². The molecule has 2 N–H and O–H groups in total. The first-order valence-corrected chi connectivity index (χ1v) is 8.25. The number of nitrogens with one attached hydrogen (secondary N) is 2. The number of aromatic nitrogens is 1. The minimum atomic E-state index is -0.628. The second-order valence-corrected chi connectivity index (χ2v) is 5.75. The van der Waals surface area contributed by atoms with E-state index < -0.39 is 11.5 Å². The lowest BCUT2D eigenvalue weighted by molar-refractivity contribution is 0.0525. The van der Waals surface area contributed by atoms with Gasteiger partial charge < -0.3 is 15.0 Å². The van der Waals surface area contributed by atoms with Crippen molar-refractivity contribution in [1.29, 1.82) is 0 Å². The summed E-state index contributed by atoms with van der Waals surface area (Å²) in [6, 6.07) is 17.2. The second kappa shape index (κ2) is 7.21. The van der Waals surface area contributed by atoms with Crippen molar-refractivity contribution >= 4 is 22.6 Å². The Morgan fingerprint density at radius 1 is 1.12 bits per heavy atom. The summed E-state index contributed by atoms with van der Waals surface area (Å²) >= 11 is 0. The van der Waals surface area contributed by atoms with Crippen LogP contribution >= 0.6 is 0 Å². The van der Waals surface area contributed by atoms with Crippen molar-refractivity contribution in [3.63, 3.8) is 0 Å². The maximum Gasteiger partial charge on any atom is 0.345 e. The van der Waals surface area contributed by atoms with Gasteiger partial charge in [0.25, 0.3) is 5.56 Å². The van der Waals surface area contributed by atoms with E-state index in [4.69, 9.17) is 4.74 Å². The number of hydrogen-bond acceptors (Lipinski definition) is 4. The standard InChI is InChI=1S/C20H20N2O3/c1-3-25-20(24)17-18(21-13(2)14-9-5-4-6-10-14)15-11-7-8-12-16(15)22-19(17)23/h4-13H,3H2,1-2H3,(H2,21,22,23)/t13-/m0/s1.